The maximum Gasteiger partial charge on any atom is 0.310 e. The van der Waals surface area contributed by atoms with E-state index in [0.717, 1.165) is 0 Å². The summed E-state index contributed by atoms with van der Waals surface area (Å²) in [5.41, 5.74) is 0.522. The maximum absolute atomic E-state index is 11.2. The maximum atomic E-state index is 11.2. The molecule has 84 valence electrons. The fraction of sp³-hybridized carbons (Fsp3) is 0.273. The summed E-state index contributed by atoms with van der Waals surface area (Å²) in [6.07, 6.45) is -0.0644. The molecule has 1 aromatic rings. The van der Waals surface area contributed by atoms with E-state index in [2.05, 4.69) is 0 Å². The number of ether oxygens (including phenoxy) is 1. The van der Waals surface area contributed by atoms with Gasteiger partial charge in [-0.15, -0.1) is 0 Å². The first kappa shape index (κ1) is 12.3. The second-order valence-electron chi connectivity index (χ2n) is 3.05. The number of carbonyl (C=O) groups excluding carboxylic acids is 1. The van der Waals surface area contributed by atoms with Crippen LogP contribution in [0.15, 0.2) is 12.1 Å². The second-order valence-corrected chi connectivity index (χ2v) is 3.46. The molecule has 5 heteroatoms. The van der Waals surface area contributed by atoms with Crippen LogP contribution in [0.3, 0.4) is 0 Å². The third-order valence-electron chi connectivity index (χ3n) is 1.93. The Morgan fingerprint density at radius 3 is 2.88 bits per heavy atom. The minimum Gasteiger partial charge on any atom is -0.508 e. The van der Waals surface area contributed by atoms with Gasteiger partial charge in [0.15, 0.2) is 0 Å². The molecule has 0 aliphatic rings. The number of aromatic hydroxyl groups is 1. The van der Waals surface area contributed by atoms with Crippen LogP contribution in [0.5, 0.6) is 5.75 Å². The predicted molar refractivity (Wildman–Crippen MR) is 58.2 cm³/mol. The van der Waals surface area contributed by atoms with Crippen LogP contribution in [0.25, 0.3) is 0 Å². The molecule has 1 N–H and O–H groups in total. The van der Waals surface area contributed by atoms with Crippen molar-refractivity contribution in [2.75, 3.05) is 6.61 Å². The van der Waals surface area contributed by atoms with Crippen molar-refractivity contribution < 1.29 is 14.6 Å². The summed E-state index contributed by atoms with van der Waals surface area (Å²) in [5.74, 6) is -0.576. The quantitative estimate of drug-likeness (QED) is 0.820. The molecule has 16 heavy (non-hydrogen) atoms. The van der Waals surface area contributed by atoms with E-state index in [1.165, 1.54) is 12.1 Å². The van der Waals surface area contributed by atoms with E-state index in [1.54, 1.807) is 6.92 Å². The van der Waals surface area contributed by atoms with E-state index in [4.69, 9.17) is 21.6 Å². The van der Waals surface area contributed by atoms with Crippen LogP contribution in [0, 0.1) is 11.3 Å². The Labute approximate surface area is 98.0 Å². The molecule has 0 amide bonds. The molecule has 4 nitrogen and oxygen atoms in total. The molecular weight excluding hydrogens is 230 g/mol. The van der Waals surface area contributed by atoms with Crippen molar-refractivity contribution in [1.82, 2.24) is 0 Å². The second kappa shape index (κ2) is 5.38. The molecule has 0 heterocycles. The number of hydrogen-bond acceptors (Lipinski definition) is 4. The van der Waals surface area contributed by atoms with Gasteiger partial charge in [-0.1, -0.05) is 11.6 Å². The molecule has 0 saturated carbocycles. The minimum atomic E-state index is -0.446. The average Bonchev–Trinajstić information content (AvgIpc) is 2.23. The molecule has 1 rings (SSSR count). The molecule has 0 unspecified atom stereocenters. The number of phenolic OH excluding ortho intramolecular Hbond substituents is 1. The van der Waals surface area contributed by atoms with Gasteiger partial charge in [0.05, 0.1) is 23.6 Å². The van der Waals surface area contributed by atoms with Gasteiger partial charge in [-0.05, 0) is 19.1 Å². The monoisotopic (exact) mass is 239 g/mol. The topological polar surface area (TPSA) is 70.3 Å². The van der Waals surface area contributed by atoms with E-state index in [9.17, 15) is 9.90 Å². The normalized spacial score (nSPS) is 9.56. The third-order valence-corrected chi connectivity index (χ3v) is 2.24. The number of nitriles is 1. The zero-order valence-electron chi connectivity index (χ0n) is 8.66. The lowest BCUT2D eigenvalue weighted by atomic mass is 10.1. The Kier molecular flexibility index (Phi) is 4.15. The summed E-state index contributed by atoms with van der Waals surface area (Å²) in [6.45, 7) is 1.98. The largest absolute Gasteiger partial charge is 0.508 e. The van der Waals surface area contributed by atoms with Gasteiger partial charge in [0, 0.05) is 5.56 Å². The lowest BCUT2D eigenvalue weighted by molar-refractivity contribution is -0.142. The molecule has 0 fully saturated rings. The first-order valence-electron chi connectivity index (χ1n) is 4.65. The van der Waals surface area contributed by atoms with Crippen molar-refractivity contribution in [2.24, 2.45) is 0 Å². The van der Waals surface area contributed by atoms with Gasteiger partial charge < -0.3 is 9.84 Å². The van der Waals surface area contributed by atoms with Crippen molar-refractivity contribution in [3.63, 3.8) is 0 Å². The summed E-state index contributed by atoms with van der Waals surface area (Å²) in [7, 11) is 0. The lowest BCUT2D eigenvalue weighted by Crippen LogP contribution is -2.07. The lowest BCUT2D eigenvalue weighted by Gasteiger charge is -2.06. The van der Waals surface area contributed by atoms with E-state index in [-0.39, 0.29) is 29.4 Å². The third kappa shape index (κ3) is 2.88. The standard InChI is InChI=1S/C11H10ClNO3/c1-2-16-11(15)5-7-3-9(12)8(6-13)4-10(7)14/h3-4,14H,2,5H2,1H3. The highest BCUT2D eigenvalue weighted by molar-refractivity contribution is 6.31. The Balaban J connectivity index is 2.95. The molecule has 1 aromatic carbocycles. The zero-order valence-corrected chi connectivity index (χ0v) is 9.41. The Morgan fingerprint density at radius 2 is 2.31 bits per heavy atom. The molecule has 0 aliphatic heterocycles. The Bertz CT molecular complexity index is 451. The summed E-state index contributed by atoms with van der Waals surface area (Å²) >= 11 is 5.78. The highest BCUT2D eigenvalue weighted by Crippen LogP contribution is 2.26. The first-order chi connectivity index (χ1) is 7.58. The summed E-state index contributed by atoms with van der Waals surface area (Å²) in [6, 6.07) is 4.46. The van der Waals surface area contributed by atoms with Gasteiger partial charge in [-0.25, -0.2) is 0 Å². The van der Waals surface area contributed by atoms with Crippen LogP contribution in [0.1, 0.15) is 18.1 Å². The van der Waals surface area contributed by atoms with Crippen LogP contribution in [-0.4, -0.2) is 17.7 Å². The summed E-state index contributed by atoms with van der Waals surface area (Å²) < 4.78 is 4.74. The number of esters is 1. The Hall–Kier alpha value is -1.73. The average molecular weight is 240 g/mol. The predicted octanol–water partition coefficient (Wildman–Crippen LogP) is 2.02. The molecule has 0 saturated heterocycles. The first-order valence-corrected chi connectivity index (χ1v) is 5.03. The van der Waals surface area contributed by atoms with E-state index in [1.807, 2.05) is 6.07 Å². The molecule has 0 bridgehead atoms. The summed E-state index contributed by atoms with van der Waals surface area (Å²) in [4.78, 5) is 11.2. The fourth-order valence-corrected chi connectivity index (χ4v) is 1.43. The smallest absolute Gasteiger partial charge is 0.310 e. The number of carbonyl (C=O) groups is 1. The van der Waals surface area contributed by atoms with Crippen LogP contribution in [0.2, 0.25) is 5.02 Å². The number of hydrogen-bond donors (Lipinski definition) is 1. The van der Waals surface area contributed by atoms with Crippen LogP contribution < -0.4 is 0 Å². The van der Waals surface area contributed by atoms with Crippen molar-refractivity contribution in [3.8, 4) is 11.8 Å². The number of rotatable bonds is 3. The van der Waals surface area contributed by atoms with Crippen molar-refractivity contribution >= 4 is 17.6 Å². The van der Waals surface area contributed by atoms with E-state index in [0.29, 0.717) is 5.56 Å². The van der Waals surface area contributed by atoms with E-state index >= 15 is 0 Å². The molecule has 0 radical (unpaired) electrons. The van der Waals surface area contributed by atoms with E-state index < -0.39 is 5.97 Å². The van der Waals surface area contributed by atoms with Gasteiger partial charge in [0.1, 0.15) is 11.8 Å². The van der Waals surface area contributed by atoms with Gasteiger partial charge in [-0.3, -0.25) is 4.79 Å². The van der Waals surface area contributed by atoms with Crippen molar-refractivity contribution in [1.29, 1.82) is 5.26 Å². The van der Waals surface area contributed by atoms with Crippen LogP contribution in [-0.2, 0) is 16.0 Å². The van der Waals surface area contributed by atoms with Gasteiger partial charge >= 0.3 is 5.97 Å². The highest BCUT2D eigenvalue weighted by Gasteiger charge is 2.11. The number of phenols is 1. The SMILES string of the molecule is CCOC(=O)Cc1cc(Cl)c(C#N)cc1O. The van der Waals surface area contributed by atoms with Crippen molar-refractivity contribution in [2.45, 2.75) is 13.3 Å². The number of benzene rings is 1. The zero-order chi connectivity index (χ0) is 12.1. The molecule has 0 spiro atoms. The molecule has 0 atom stereocenters. The van der Waals surface area contributed by atoms with Gasteiger partial charge in [-0.2, -0.15) is 5.26 Å². The number of nitrogens with zero attached hydrogens (tertiary/aromatic N) is 1. The molecular formula is C11H10ClNO3. The molecule has 0 aromatic heterocycles. The van der Waals surface area contributed by atoms with Gasteiger partial charge in [0.25, 0.3) is 0 Å². The van der Waals surface area contributed by atoms with Crippen LogP contribution >= 0.6 is 11.6 Å². The minimum absolute atomic E-state index is 0.0644. The van der Waals surface area contributed by atoms with Gasteiger partial charge in [0.2, 0.25) is 0 Å². The van der Waals surface area contributed by atoms with Crippen LogP contribution in [0.4, 0.5) is 0 Å². The summed E-state index contributed by atoms with van der Waals surface area (Å²) in [5, 5.41) is 18.4. The van der Waals surface area contributed by atoms with Crippen molar-refractivity contribution in [3.05, 3.63) is 28.3 Å². The Morgan fingerprint density at radius 1 is 1.62 bits per heavy atom. The highest BCUT2D eigenvalue weighted by atomic mass is 35.5. The fourth-order valence-electron chi connectivity index (χ4n) is 1.20. The number of halogens is 1. The molecule has 0 aliphatic carbocycles.